The molecule has 3 heteroatoms. The van der Waals surface area contributed by atoms with Crippen LogP contribution >= 0.6 is 11.6 Å². The minimum atomic E-state index is 0.194. The average Bonchev–Trinajstić information content (AvgIpc) is 2.81. The van der Waals surface area contributed by atoms with Crippen molar-refractivity contribution in [3.05, 3.63) is 93.7 Å². The van der Waals surface area contributed by atoms with Gasteiger partial charge in [0.05, 0.1) is 5.70 Å². The number of piperidine rings is 1. The smallest absolute Gasteiger partial charge is 0.0861 e. The molecular formula is C30H33ClN2. The van der Waals surface area contributed by atoms with Gasteiger partial charge >= 0.3 is 0 Å². The van der Waals surface area contributed by atoms with Crippen LogP contribution in [0.15, 0.2) is 72.0 Å². The molecule has 2 aromatic rings. The van der Waals surface area contributed by atoms with E-state index in [0.717, 1.165) is 28.7 Å². The number of allylic oxidation sites excluding steroid dienone is 3. The maximum Gasteiger partial charge on any atom is 0.0861 e. The summed E-state index contributed by atoms with van der Waals surface area (Å²) in [5.74, 6) is 7.45. The molecule has 2 aliphatic heterocycles. The van der Waals surface area contributed by atoms with E-state index < -0.39 is 0 Å². The van der Waals surface area contributed by atoms with Crippen LogP contribution in [0, 0.1) is 17.8 Å². The number of hydrogen-bond donors (Lipinski definition) is 1. The molecule has 1 atom stereocenters. The van der Waals surface area contributed by atoms with Gasteiger partial charge in [-0.1, -0.05) is 66.4 Å². The van der Waals surface area contributed by atoms with Gasteiger partial charge in [-0.2, -0.15) is 0 Å². The largest absolute Gasteiger partial charge is 0.372 e. The zero-order chi connectivity index (χ0) is 23.2. The SMILES string of the molecule is C/C(=C\c1ccc(C#CC2=CC=C(c3ccc(Cl)cc3)C(C)N2)cc1)CN1CCC(C)CC1. The first-order valence-electron chi connectivity index (χ1n) is 11.9. The second kappa shape index (κ2) is 10.9. The summed E-state index contributed by atoms with van der Waals surface area (Å²) in [5, 5.41) is 4.26. The molecule has 170 valence electrons. The van der Waals surface area contributed by atoms with Crippen LogP contribution in [0.5, 0.6) is 0 Å². The van der Waals surface area contributed by atoms with Crippen molar-refractivity contribution in [1.82, 2.24) is 10.2 Å². The standard InChI is InChI=1S/C30H33ClN2/c1-22-16-18-33(19-17-22)21-23(2)20-26-6-4-25(5-7-26)8-13-29-14-15-30(24(3)32-29)27-9-11-28(31)12-10-27/h4-7,9-12,14-15,20,22,24,32H,16-19,21H2,1-3H3/b23-20+. The Balaban J connectivity index is 1.37. The van der Waals surface area contributed by atoms with Gasteiger partial charge in [0.15, 0.2) is 0 Å². The van der Waals surface area contributed by atoms with Gasteiger partial charge in [0.25, 0.3) is 0 Å². The molecule has 2 aromatic carbocycles. The van der Waals surface area contributed by atoms with Gasteiger partial charge in [-0.25, -0.2) is 0 Å². The van der Waals surface area contributed by atoms with Crippen molar-refractivity contribution in [3.8, 4) is 11.8 Å². The number of nitrogens with one attached hydrogen (secondary N) is 1. The molecule has 0 bridgehead atoms. The second-order valence-electron chi connectivity index (χ2n) is 9.40. The molecule has 0 aliphatic carbocycles. The molecule has 4 rings (SSSR count). The van der Waals surface area contributed by atoms with Crippen molar-refractivity contribution >= 4 is 23.3 Å². The van der Waals surface area contributed by atoms with Gasteiger partial charge in [0.1, 0.15) is 0 Å². The van der Waals surface area contributed by atoms with Crippen LogP contribution in [-0.4, -0.2) is 30.6 Å². The van der Waals surface area contributed by atoms with Crippen molar-refractivity contribution < 1.29 is 0 Å². The Morgan fingerprint density at radius 1 is 1.00 bits per heavy atom. The Morgan fingerprint density at radius 3 is 2.36 bits per heavy atom. The fourth-order valence-electron chi connectivity index (χ4n) is 4.45. The number of hydrogen-bond acceptors (Lipinski definition) is 2. The number of halogens is 1. The highest BCUT2D eigenvalue weighted by Crippen LogP contribution is 2.24. The van der Waals surface area contributed by atoms with Crippen LogP contribution in [0.4, 0.5) is 0 Å². The van der Waals surface area contributed by atoms with Gasteiger partial charge in [-0.15, -0.1) is 0 Å². The Morgan fingerprint density at radius 2 is 1.70 bits per heavy atom. The van der Waals surface area contributed by atoms with E-state index in [2.05, 4.69) is 97.5 Å². The highest BCUT2D eigenvalue weighted by atomic mass is 35.5. The summed E-state index contributed by atoms with van der Waals surface area (Å²) in [6, 6.07) is 16.7. The van der Waals surface area contributed by atoms with E-state index in [1.54, 1.807) is 0 Å². The number of likely N-dealkylation sites (tertiary alicyclic amines) is 1. The fourth-order valence-corrected chi connectivity index (χ4v) is 4.57. The fraction of sp³-hybridized carbons (Fsp3) is 0.333. The first kappa shape index (κ1) is 23.4. The molecule has 0 saturated carbocycles. The van der Waals surface area contributed by atoms with Crippen LogP contribution in [-0.2, 0) is 0 Å². The third-order valence-corrected chi connectivity index (χ3v) is 6.71. The Kier molecular flexibility index (Phi) is 7.76. The summed E-state index contributed by atoms with van der Waals surface area (Å²) in [4.78, 5) is 2.57. The Bertz CT molecular complexity index is 1100. The van der Waals surface area contributed by atoms with Gasteiger partial charge in [0.2, 0.25) is 0 Å². The van der Waals surface area contributed by atoms with Crippen molar-refractivity contribution in [3.63, 3.8) is 0 Å². The number of rotatable bonds is 4. The van der Waals surface area contributed by atoms with Gasteiger partial charge < -0.3 is 5.32 Å². The summed E-state index contributed by atoms with van der Waals surface area (Å²) in [7, 11) is 0. The lowest BCUT2D eigenvalue weighted by atomic mass is 9.96. The molecule has 33 heavy (non-hydrogen) atoms. The molecular weight excluding hydrogens is 424 g/mol. The van der Waals surface area contributed by atoms with E-state index in [4.69, 9.17) is 11.6 Å². The predicted octanol–water partition coefficient (Wildman–Crippen LogP) is 6.79. The molecule has 0 spiro atoms. The van der Waals surface area contributed by atoms with E-state index >= 15 is 0 Å². The monoisotopic (exact) mass is 456 g/mol. The summed E-state index contributed by atoms with van der Waals surface area (Å²) in [5.41, 5.74) is 7.03. The van der Waals surface area contributed by atoms with Crippen molar-refractivity contribution in [2.24, 2.45) is 5.92 Å². The summed E-state index contributed by atoms with van der Waals surface area (Å²) in [6.45, 7) is 10.3. The third kappa shape index (κ3) is 6.64. The number of benzene rings is 2. The van der Waals surface area contributed by atoms with Gasteiger partial charge in [-0.05, 0) is 98.7 Å². The Labute approximate surface area is 204 Å². The lowest BCUT2D eigenvalue weighted by molar-refractivity contribution is 0.207. The van der Waals surface area contributed by atoms with Crippen molar-refractivity contribution in [1.29, 1.82) is 0 Å². The molecule has 0 amide bonds. The minimum Gasteiger partial charge on any atom is -0.372 e. The number of nitrogens with zero attached hydrogens (tertiary/aromatic N) is 1. The van der Waals surface area contributed by atoms with E-state index in [1.165, 1.54) is 48.2 Å². The molecule has 1 N–H and O–H groups in total. The lowest BCUT2D eigenvalue weighted by Gasteiger charge is -2.30. The van der Waals surface area contributed by atoms with Crippen LogP contribution in [0.1, 0.15) is 50.3 Å². The predicted molar refractivity (Wildman–Crippen MR) is 142 cm³/mol. The highest BCUT2D eigenvalue weighted by Gasteiger charge is 2.16. The zero-order valence-corrected chi connectivity index (χ0v) is 20.6. The zero-order valence-electron chi connectivity index (χ0n) is 19.9. The average molecular weight is 457 g/mol. The summed E-state index contributed by atoms with van der Waals surface area (Å²) in [6.07, 6.45) is 9.14. The van der Waals surface area contributed by atoms with Crippen LogP contribution in [0.25, 0.3) is 11.6 Å². The number of dihydropyridines is 1. The molecule has 1 saturated heterocycles. The third-order valence-electron chi connectivity index (χ3n) is 6.46. The van der Waals surface area contributed by atoms with Crippen molar-refractivity contribution in [2.75, 3.05) is 19.6 Å². The second-order valence-corrected chi connectivity index (χ2v) is 9.83. The highest BCUT2D eigenvalue weighted by molar-refractivity contribution is 6.30. The van der Waals surface area contributed by atoms with E-state index in [9.17, 15) is 0 Å². The first-order valence-corrected chi connectivity index (χ1v) is 12.3. The molecule has 2 nitrogen and oxygen atoms in total. The maximum atomic E-state index is 6.02. The molecule has 0 aromatic heterocycles. The van der Waals surface area contributed by atoms with Crippen LogP contribution in [0.2, 0.25) is 5.02 Å². The first-order chi connectivity index (χ1) is 16.0. The van der Waals surface area contributed by atoms with Crippen molar-refractivity contribution in [2.45, 2.75) is 39.7 Å². The molecule has 2 aliphatic rings. The van der Waals surface area contributed by atoms with Crippen LogP contribution < -0.4 is 5.32 Å². The maximum absolute atomic E-state index is 6.02. The molecule has 1 unspecified atom stereocenters. The topological polar surface area (TPSA) is 15.3 Å². The van der Waals surface area contributed by atoms with Gasteiger partial charge in [0, 0.05) is 23.2 Å². The molecule has 0 radical (unpaired) electrons. The molecule has 2 heterocycles. The van der Waals surface area contributed by atoms with Gasteiger partial charge in [-0.3, -0.25) is 4.90 Å². The quantitative estimate of drug-likeness (QED) is 0.509. The lowest BCUT2D eigenvalue weighted by Crippen LogP contribution is -2.33. The summed E-state index contributed by atoms with van der Waals surface area (Å²) >= 11 is 6.02. The van der Waals surface area contributed by atoms with E-state index in [-0.39, 0.29) is 6.04 Å². The van der Waals surface area contributed by atoms with E-state index in [1.807, 2.05) is 12.1 Å². The normalized spacial score (nSPS) is 19.8. The Hall–Kier alpha value is -2.73. The molecule has 1 fully saturated rings. The minimum absolute atomic E-state index is 0.194. The summed E-state index contributed by atoms with van der Waals surface area (Å²) < 4.78 is 0. The van der Waals surface area contributed by atoms with Crippen LogP contribution in [0.3, 0.4) is 0 Å². The van der Waals surface area contributed by atoms with E-state index in [0.29, 0.717) is 0 Å².